The maximum absolute atomic E-state index is 13.8. The average molecular weight is 397 g/mol. The second kappa shape index (κ2) is 6.95. The molecule has 3 N–H and O–H groups in total. The van der Waals surface area contributed by atoms with Gasteiger partial charge in [-0.3, -0.25) is 9.59 Å². The number of hydrogen-bond acceptors (Lipinski definition) is 4. The van der Waals surface area contributed by atoms with E-state index >= 15 is 0 Å². The molecule has 140 valence electrons. The number of primary amides is 1. The van der Waals surface area contributed by atoms with E-state index < -0.39 is 41.1 Å². The van der Waals surface area contributed by atoms with E-state index in [1.54, 1.807) is 0 Å². The van der Waals surface area contributed by atoms with Gasteiger partial charge in [0.05, 0.1) is 5.69 Å². The molecule has 2 aromatic heterocycles. The Morgan fingerprint density at radius 1 is 1.22 bits per heavy atom. The van der Waals surface area contributed by atoms with Gasteiger partial charge in [-0.1, -0.05) is 6.07 Å². The highest BCUT2D eigenvalue weighted by Crippen LogP contribution is 2.38. The molecule has 1 aromatic carbocycles. The first-order chi connectivity index (χ1) is 12.7. The van der Waals surface area contributed by atoms with E-state index in [-0.39, 0.29) is 20.8 Å². The van der Waals surface area contributed by atoms with E-state index in [4.69, 9.17) is 5.73 Å². The largest absolute Gasteiger partial charge is 0.365 e. The molecule has 0 aliphatic heterocycles. The van der Waals surface area contributed by atoms with Crippen LogP contribution in [0.5, 0.6) is 0 Å². The molecule has 0 fully saturated rings. The van der Waals surface area contributed by atoms with Crippen LogP contribution in [0, 0.1) is 18.6 Å². The van der Waals surface area contributed by atoms with Crippen molar-refractivity contribution in [2.75, 3.05) is 5.32 Å². The Labute approximate surface area is 153 Å². The van der Waals surface area contributed by atoms with Gasteiger partial charge in [-0.15, -0.1) is 11.3 Å². The molecule has 2 amide bonds. The maximum atomic E-state index is 13.8. The second-order valence-electron chi connectivity index (χ2n) is 5.57. The molecule has 0 atom stereocenters. The molecule has 0 aliphatic carbocycles. The highest BCUT2D eigenvalue weighted by molar-refractivity contribution is 7.21. The summed E-state index contributed by atoms with van der Waals surface area (Å²) in [6, 6.07) is 4.00. The van der Waals surface area contributed by atoms with E-state index in [1.165, 1.54) is 6.92 Å². The first-order valence-corrected chi connectivity index (χ1v) is 8.29. The number of nitrogens with one attached hydrogen (secondary N) is 1. The van der Waals surface area contributed by atoms with Crippen LogP contribution in [0.2, 0.25) is 0 Å². The van der Waals surface area contributed by atoms with Gasteiger partial charge in [-0.2, -0.15) is 0 Å². The van der Waals surface area contributed by atoms with Crippen molar-refractivity contribution in [2.45, 2.75) is 13.3 Å². The van der Waals surface area contributed by atoms with Crippen LogP contribution in [0.25, 0.3) is 10.2 Å². The fraction of sp³-hybridized carbons (Fsp3) is 0.118. The smallest absolute Gasteiger partial charge is 0.280 e. The zero-order chi connectivity index (χ0) is 19.9. The average Bonchev–Trinajstić information content (AvgIpc) is 2.93. The number of aromatic nitrogens is 1. The summed E-state index contributed by atoms with van der Waals surface area (Å²) in [5.41, 5.74) is 4.12. The molecule has 0 bridgehead atoms. The number of rotatable bonds is 4. The standard InChI is InChI=1S/C17H11F4N3O2S/c1-6-5-9(14(20)21)23-17-10(6)12(13(27-17)15(22)25)24-16(26)11-7(18)3-2-4-8(11)19/h2-5,14H,1H3,(H2,22,25)(H,24,26). The van der Waals surface area contributed by atoms with Gasteiger partial charge < -0.3 is 11.1 Å². The molecule has 0 spiro atoms. The predicted octanol–water partition coefficient (Wildman–Crippen LogP) is 4.17. The summed E-state index contributed by atoms with van der Waals surface area (Å²) >= 11 is 0.702. The molecule has 3 aromatic rings. The van der Waals surface area contributed by atoms with Gasteiger partial charge in [0.1, 0.15) is 32.6 Å². The molecule has 5 nitrogen and oxygen atoms in total. The minimum Gasteiger partial charge on any atom is -0.365 e. The Hall–Kier alpha value is -3.01. The fourth-order valence-corrected chi connectivity index (χ4v) is 3.67. The monoisotopic (exact) mass is 397 g/mol. The lowest BCUT2D eigenvalue weighted by atomic mass is 10.1. The van der Waals surface area contributed by atoms with E-state index in [2.05, 4.69) is 10.3 Å². The van der Waals surface area contributed by atoms with Crippen LogP contribution in [-0.4, -0.2) is 16.8 Å². The van der Waals surface area contributed by atoms with Gasteiger partial charge in [0, 0.05) is 5.39 Å². The van der Waals surface area contributed by atoms with Crippen LogP contribution < -0.4 is 11.1 Å². The number of carbonyl (C=O) groups excluding carboxylic acids is 2. The fourth-order valence-electron chi connectivity index (χ4n) is 2.60. The van der Waals surface area contributed by atoms with Crippen LogP contribution in [0.3, 0.4) is 0 Å². The van der Waals surface area contributed by atoms with Crippen LogP contribution in [0.4, 0.5) is 23.2 Å². The SMILES string of the molecule is Cc1cc(C(F)F)nc2sc(C(N)=O)c(NC(=O)c3c(F)cccc3F)c12. The van der Waals surface area contributed by atoms with Crippen molar-refractivity contribution in [3.05, 3.63) is 57.6 Å². The molecule has 3 rings (SSSR count). The van der Waals surface area contributed by atoms with E-state index in [1.807, 2.05) is 0 Å². The molecule has 27 heavy (non-hydrogen) atoms. The molecular weight excluding hydrogens is 386 g/mol. The predicted molar refractivity (Wildman–Crippen MR) is 92.1 cm³/mol. The molecule has 0 unspecified atom stereocenters. The lowest BCUT2D eigenvalue weighted by Crippen LogP contribution is -2.19. The molecule has 0 saturated carbocycles. The number of hydrogen-bond donors (Lipinski definition) is 2. The van der Waals surface area contributed by atoms with E-state index in [0.29, 0.717) is 16.9 Å². The number of amides is 2. The zero-order valence-corrected chi connectivity index (χ0v) is 14.5. The van der Waals surface area contributed by atoms with Crippen LogP contribution >= 0.6 is 11.3 Å². The summed E-state index contributed by atoms with van der Waals surface area (Å²) in [6.45, 7) is 1.48. The molecule has 2 heterocycles. The number of benzene rings is 1. The third-order valence-corrected chi connectivity index (χ3v) is 4.85. The summed E-state index contributed by atoms with van der Waals surface area (Å²) in [4.78, 5) is 27.8. The van der Waals surface area contributed by atoms with Gasteiger partial charge in [-0.05, 0) is 30.7 Å². The van der Waals surface area contributed by atoms with Crippen molar-refractivity contribution in [1.82, 2.24) is 4.98 Å². The quantitative estimate of drug-likeness (QED) is 0.648. The van der Waals surface area contributed by atoms with Crippen LogP contribution in [-0.2, 0) is 0 Å². The first-order valence-electron chi connectivity index (χ1n) is 7.48. The van der Waals surface area contributed by atoms with Crippen molar-refractivity contribution in [1.29, 1.82) is 0 Å². The van der Waals surface area contributed by atoms with E-state index in [0.717, 1.165) is 24.3 Å². The molecule has 0 radical (unpaired) electrons. The third-order valence-electron chi connectivity index (χ3n) is 3.75. The third kappa shape index (κ3) is 3.35. The van der Waals surface area contributed by atoms with Gasteiger partial charge in [0.15, 0.2) is 0 Å². The number of carbonyl (C=O) groups is 2. The van der Waals surface area contributed by atoms with Gasteiger partial charge >= 0.3 is 0 Å². The highest BCUT2D eigenvalue weighted by atomic mass is 32.1. The molecule has 0 aliphatic rings. The van der Waals surface area contributed by atoms with Gasteiger partial charge in [-0.25, -0.2) is 22.5 Å². The Morgan fingerprint density at radius 2 is 1.85 bits per heavy atom. The normalized spacial score (nSPS) is 11.2. The summed E-state index contributed by atoms with van der Waals surface area (Å²) in [7, 11) is 0. The number of alkyl halides is 2. The van der Waals surface area contributed by atoms with Crippen LogP contribution in [0.1, 0.15) is 37.7 Å². The lowest BCUT2D eigenvalue weighted by Gasteiger charge is -2.09. The van der Waals surface area contributed by atoms with Gasteiger partial charge in [0.25, 0.3) is 18.2 Å². The summed E-state index contributed by atoms with van der Waals surface area (Å²) in [5, 5.41) is 2.46. The number of anilines is 1. The molecule has 0 saturated heterocycles. The number of pyridine rings is 1. The van der Waals surface area contributed by atoms with Crippen molar-refractivity contribution < 1.29 is 27.2 Å². The topological polar surface area (TPSA) is 85.1 Å². The number of nitrogens with two attached hydrogens (primary N) is 1. The Morgan fingerprint density at radius 3 is 2.41 bits per heavy atom. The second-order valence-corrected chi connectivity index (χ2v) is 6.57. The van der Waals surface area contributed by atoms with Crippen LogP contribution in [0.15, 0.2) is 24.3 Å². The minimum atomic E-state index is -2.84. The highest BCUT2D eigenvalue weighted by Gasteiger charge is 2.25. The summed E-state index contributed by atoms with van der Waals surface area (Å²) in [6.07, 6.45) is -2.84. The number of fused-ring (bicyclic) bond motifs is 1. The number of nitrogens with zero attached hydrogens (tertiary/aromatic N) is 1. The van der Waals surface area contributed by atoms with Crippen molar-refractivity contribution in [2.24, 2.45) is 5.73 Å². The van der Waals surface area contributed by atoms with Crippen molar-refractivity contribution in [3.63, 3.8) is 0 Å². The number of thiophene rings is 1. The van der Waals surface area contributed by atoms with Gasteiger partial charge in [0.2, 0.25) is 0 Å². The molecular formula is C17H11F4N3O2S. The zero-order valence-electron chi connectivity index (χ0n) is 13.6. The molecule has 10 heteroatoms. The first kappa shape index (κ1) is 18.8. The summed E-state index contributed by atoms with van der Waals surface area (Å²) in [5.74, 6) is -4.28. The summed E-state index contributed by atoms with van der Waals surface area (Å²) < 4.78 is 53.6. The van der Waals surface area contributed by atoms with Crippen molar-refractivity contribution >= 4 is 39.1 Å². The lowest BCUT2D eigenvalue weighted by molar-refractivity contribution is 0.100. The maximum Gasteiger partial charge on any atom is 0.280 e. The number of halogens is 4. The Kier molecular flexibility index (Phi) is 4.83. The minimum absolute atomic E-state index is 0.0448. The Bertz CT molecular complexity index is 1060. The van der Waals surface area contributed by atoms with Crippen molar-refractivity contribution in [3.8, 4) is 0 Å². The number of aryl methyl sites for hydroxylation is 1. The van der Waals surface area contributed by atoms with E-state index in [9.17, 15) is 27.2 Å². The Balaban J connectivity index is 2.17.